The third-order valence-corrected chi connectivity index (χ3v) is 14.4. The van der Waals surface area contributed by atoms with Crippen molar-refractivity contribution < 1.29 is 27.5 Å². The Labute approximate surface area is 377 Å². The Morgan fingerprint density at radius 2 is 1.18 bits per heavy atom. The summed E-state index contributed by atoms with van der Waals surface area (Å²) in [4.78, 5) is 44.7. The van der Waals surface area contributed by atoms with Crippen LogP contribution in [0.15, 0.2) is 46.2 Å². The van der Waals surface area contributed by atoms with Gasteiger partial charge in [0.2, 0.25) is 0 Å². The van der Waals surface area contributed by atoms with Gasteiger partial charge in [0.15, 0.2) is 26.9 Å². The molecule has 0 bridgehead atoms. The molecule has 0 saturated heterocycles. The number of ether oxygens (including phenoxy) is 2. The number of hydrogen-bond acceptors (Lipinski definition) is 11. The first kappa shape index (κ1) is 50.6. The molecule has 4 heterocycles. The highest BCUT2D eigenvalue weighted by Gasteiger charge is 2.25. The van der Waals surface area contributed by atoms with Crippen LogP contribution >= 0.6 is 15.9 Å². The SMILES string of the molecule is Cc1nc2c(nc1Br)c(C(=O)NC(C)(C)C)cn2COCC[Si](C)(C)C.Cc1nc2c(nc1Nc1cccc(S(C)(=O)=O)c1)c(C(=O)NC(C)(C)C)cn2COCC[Si](C)(C)C. The van der Waals surface area contributed by atoms with Gasteiger partial charge in [0, 0.05) is 64.8 Å². The summed E-state index contributed by atoms with van der Waals surface area (Å²) >= 11 is 3.41. The lowest BCUT2D eigenvalue weighted by molar-refractivity contribution is 0.0879. The van der Waals surface area contributed by atoms with Crippen LogP contribution in [0, 0.1) is 13.8 Å². The van der Waals surface area contributed by atoms with Crippen LogP contribution < -0.4 is 16.0 Å². The van der Waals surface area contributed by atoms with Crippen molar-refractivity contribution in [2.45, 2.75) is 136 Å². The number of hydrogen-bond donors (Lipinski definition) is 3. The van der Waals surface area contributed by atoms with Gasteiger partial charge in [-0.05, 0) is 102 Å². The molecule has 0 spiro atoms. The van der Waals surface area contributed by atoms with Crippen LogP contribution in [0.1, 0.15) is 73.6 Å². The van der Waals surface area contributed by atoms with E-state index >= 15 is 0 Å². The number of rotatable bonds is 15. The molecule has 5 rings (SSSR count). The maximum Gasteiger partial charge on any atom is 0.255 e. The molecule has 5 aromatic rings. The van der Waals surface area contributed by atoms with Crippen LogP contribution in [-0.2, 0) is 32.8 Å². The monoisotopic (exact) mass is 971 g/mol. The van der Waals surface area contributed by atoms with Crippen molar-refractivity contribution in [1.82, 2.24) is 39.7 Å². The van der Waals surface area contributed by atoms with E-state index in [-0.39, 0.29) is 29.0 Å². The summed E-state index contributed by atoms with van der Waals surface area (Å²) in [5.41, 5.74) is 4.34. The van der Waals surface area contributed by atoms with E-state index in [0.717, 1.165) is 24.0 Å². The summed E-state index contributed by atoms with van der Waals surface area (Å²) in [5, 5.41) is 9.15. The van der Waals surface area contributed by atoms with Gasteiger partial charge in [0.1, 0.15) is 29.1 Å². The first-order valence-electron chi connectivity index (χ1n) is 20.7. The maximum atomic E-state index is 13.1. The van der Waals surface area contributed by atoms with E-state index in [0.29, 0.717) is 75.2 Å². The highest BCUT2D eigenvalue weighted by atomic mass is 79.9. The molecule has 0 saturated carbocycles. The lowest BCUT2D eigenvalue weighted by atomic mass is 10.1. The van der Waals surface area contributed by atoms with Crippen LogP contribution in [-0.4, -0.2) is 96.0 Å². The van der Waals surface area contributed by atoms with Gasteiger partial charge in [-0.3, -0.25) is 9.59 Å². The third-order valence-electron chi connectivity index (χ3n) is 9.11. The predicted octanol–water partition coefficient (Wildman–Crippen LogP) is 9.07. The van der Waals surface area contributed by atoms with E-state index < -0.39 is 31.5 Å². The van der Waals surface area contributed by atoms with E-state index in [4.69, 9.17) is 19.4 Å². The Balaban J connectivity index is 0.000000287. The highest BCUT2D eigenvalue weighted by molar-refractivity contribution is 9.10. The van der Waals surface area contributed by atoms with Crippen molar-refractivity contribution in [3.63, 3.8) is 0 Å². The second-order valence-corrected chi connectivity index (χ2v) is 34.2. The third kappa shape index (κ3) is 15.1. The fourth-order valence-corrected chi connectivity index (χ4v) is 8.25. The maximum absolute atomic E-state index is 13.1. The lowest BCUT2D eigenvalue weighted by Crippen LogP contribution is -2.40. The topological polar surface area (TPSA) is 184 Å². The van der Waals surface area contributed by atoms with Crippen molar-refractivity contribution in [1.29, 1.82) is 0 Å². The van der Waals surface area contributed by atoms with Gasteiger partial charge in [-0.25, -0.2) is 28.4 Å². The molecule has 15 nitrogen and oxygen atoms in total. The molecule has 0 fully saturated rings. The molecule has 0 radical (unpaired) electrons. The molecule has 0 aliphatic heterocycles. The number of nitrogens with one attached hydrogen (secondary N) is 3. The van der Waals surface area contributed by atoms with Crippen LogP contribution in [0.4, 0.5) is 11.5 Å². The summed E-state index contributed by atoms with van der Waals surface area (Å²) in [6.07, 6.45) is 4.68. The average molecular weight is 973 g/mol. The summed E-state index contributed by atoms with van der Waals surface area (Å²) < 4.78 is 40.0. The van der Waals surface area contributed by atoms with E-state index in [1.807, 2.05) is 64.5 Å². The number of nitrogens with zero attached hydrogens (tertiary/aromatic N) is 6. The van der Waals surface area contributed by atoms with Gasteiger partial charge in [0.05, 0.1) is 27.4 Å². The number of carbonyl (C=O) groups is 2. The number of halogens is 1. The summed E-state index contributed by atoms with van der Waals surface area (Å²) in [5.74, 6) is 0.0280. The van der Waals surface area contributed by atoms with Gasteiger partial charge < -0.3 is 34.6 Å². The van der Waals surface area contributed by atoms with Crippen molar-refractivity contribution in [3.05, 3.63) is 63.8 Å². The zero-order valence-corrected chi connectivity index (χ0v) is 43.5. The van der Waals surface area contributed by atoms with Crippen molar-refractivity contribution in [3.8, 4) is 0 Å². The van der Waals surface area contributed by atoms with E-state index in [1.165, 1.54) is 0 Å². The zero-order valence-electron chi connectivity index (χ0n) is 39.1. The fraction of sp³-hybridized carbons (Fsp3) is 0.535. The molecule has 19 heteroatoms. The highest BCUT2D eigenvalue weighted by Crippen LogP contribution is 2.27. The Hall–Kier alpha value is -4.02. The van der Waals surface area contributed by atoms with Gasteiger partial charge >= 0.3 is 0 Å². The summed E-state index contributed by atoms with van der Waals surface area (Å²) in [6, 6.07) is 8.64. The largest absolute Gasteiger partial charge is 0.361 e. The van der Waals surface area contributed by atoms with Crippen molar-refractivity contribution in [2.75, 3.05) is 24.8 Å². The Morgan fingerprint density at radius 3 is 1.61 bits per heavy atom. The molecule has 0 aliphatic carbocycles. The average Bonchev–Trinajstić information content (AvgIpc) is 3.64. The normalized spacial score (nSPS) is 12.6. The number of fused-ring (bicyclic) bond motifs is 2. The number of aromatic nitrogens is 6. The van der Waals surface area contributed by atoms with Crippen molar-refractivity contribution >= 4 is 87.6 Å². The minimum atomic E-state index is -3.36. The second-order valence-electron chi connectivity index (χ2n) is 20.2. The molecule has 62 heavy (non-hydrogen) atoms. The smallest absolute Gasteiger partial charge is 0.255 e. The molecule has 1 aromatic carbocycles. The molecule has 0 unspecified atom stereocenters. The number of aryl methyl sites for hydroxylation is 2. The predicted molar refractivity (Wildman–Crippen MR) is 258 cm³/mol. The van der Waals surface area contributed by atoms with Crippen LogP contribution in [0.3, 0.4) is 0 Å². The number of anilines is 2. The Bertz CT molecular complexity index is 2520. The van der Waals surface area contributed by atoms with Gasteiger partial charge in [-0.15, -0.1) is 0 Å². The first-order valence-corrected chi connectivity index (χ1v) is 30.8. The number of amides is 2. The molecule has 0 atom stereocenters. The summed E-state index contributed by atoms with van der Waals surface area (Å²) in [7, 11) is -5.73. The molecule has 2 amide bonds. The summed E-state index contributed by atoms with van der Waals surface area (Å²) in [6.45, 7) is 31.1. The molecular weight excluding hydrogens is 907 g/mol. The second kappa shape index (κ2) is 19.8. The fourth-order valence-electron chi connectivity index (χ4n) is 5.80. The van der Waals surface area contributed by atoms with E-state index in [9.17, 15) is 18.0 Å². The zero-order chi connectivity index (χ0) is 46.6. The standard InChI is InChI=1S/C25H37N5O4SSi.C18H29BrN4O2Si/c1-17-22(27-18-10-9-11-19(14-18)35(5,32)33)28-21-20(24(31)29-25(2,3)4)15-30(23(21)26-17)16-34-12-13-36(6,7)8;1-12-15(19)21-14-13(17(24)22-18(2,3)4)10-23(16(14)20-12)11-25-8-9-26(5,6)7/h9-11,14-15H,12-13,16H2,1-8H3,(H,27,28)(H,29,31);10H,8-9,11H2,1-7H3,(H,22,24). The lowest BCUT2D eigenvalue weighted by Gasteiger charge is -2.20. The molecular formula is C43H66BrN9O6SSi2. The van der Waals surface area contributed by atoms with Gasteiger partial charge in [-0.1, -0.05) is 45.3 Å². The Morgan fingerprint density at radius 1 is 0.726 bits per heavy atom. The quantitative estimate of drug-likeness (QED) is 0.0672. The molecule has 0 aliphatic rings. The van der Waals surface area contributed by atoms with Crippen molar-refractivity contribution in [2.24, 2.45) is 0 Å². The molecule has 4 aromatic heterocycles. The minimum absolute atomic E-state index is 0.159. The minimum Gasteiger partial charge on any atom is -0.361 e. The van der Waals surface area contributed by atoms with Gasteiger partial charge in [-0.2, -0.15) is 0 Å². The van der Waals surface area contributed by atoms with E-state index in [1.54, 1.807) is 36.7 Å². The Kier molecular flexibility index (Phi) is 16.2. The van der Waals surface area contributed by atoms with E-state index in [2.05, 4.69) is 81.1 Å². The molecule has 3 N–H and O–H groups in total. The van der Waals surface area contributed by atoms with Crippen LogP contribution in [0.2, 0.25) is 51.4 Å². The van der Waals surface area contributed by atoms with Crippen LogP contribution in [0.5, 0.6) is 0 Å². The number of sulfone groups is 1. The van der Waals surface area contributed by atoms with Crippen LogP contribution in [0.25, 0.3) is 22.3 Å². The number of benzene rings is 1. The molecule has 340 valence electrons. The van der Waals surface area contributed by atoms with Gasteiger partial charge in [0.25, 0.3) is 11.8 Å². The number of carbonyl (C=O) groups excluding carboxylic acids is 2. The first-order chi connectivity index (χ1) is 28.4.